The molecule has 52 valence electrons. The number of allylic oxidation sites excluding steroid dienone is 2. The number of hydrogen-bond acceptors (Lipinski definition) is 1. The van der Waals surface area contributed by atoms with Gasteiger partial charge in [-0.15, -0.1) is 0 Å². The molecule has 0 N–H and O–H groups in total. The smallest absolute Gasteiger partial charge is 0.127 e. The highest BCUT2D eigenvalue weighted by atomic mass is 35.5. The van der Waals surface area contributed by atoms with Gasteiger partial charge in [-0.2, -0.15) is 0 Å². The van der Waals surface area contributed by atoms with Gasteiger partial charge < -0.3 is 0 Å². The SMILES string of the molecule is CN=C(Cl)C(C)=C(C)Cl. The lowest BCUT2D eigenvalue weighted by molar-refractivity contribution is 1.41. The minimum absolute atomic E-state index is 0.475. The van der Waals surface area contributed by atoms with Crippen LogP contribution in [0.15, 0.2) is 15.6 Å². The monoisotopic (exact) mass is 165 g/mol. The Morgan fingerprint density at radius 1 is 1.22 bits per heavy atom. The second-order valence-corrected chi connectivity index (χ2v) is 2.60. The number of nitrogens with zero attached hydrogens (tertiary/aromatic N) is 1. The Hall–Kier alpha value is -0.0100. The second-order valence-electron chi connectivity index (χ2n) is 1.67. The first-order valence-electron chi connectivity index (χ1n) is 2.55. The molecule has 0 unspecified atom stereocenters. The Morgan fingerprint density at radius 2 is 1.67 bits per heavy atom. The molecule has 1 nitrogen and oxygen atoms in total. The predicted octanol–water partition coefficient (Wildman–Crippen LogP) is 2.79. The zero-order valence-corrected chi connectivity index (χ0v) is 7.22. The van der Waals surface area contributed by atoms with Crippen molar-refractivity contribution >= 4 is 28.4 Å². The average molecular weight is 166 g/mol. The summed E-state index contributed by atoms with van der Waals surface area (Å²) < 4.78 is 0. The van der Waals surface area contributed by atoms with Crippen LogP contribution in [-0.2, 0) is 0 Å². The third-order valence-corrected chi connectivity index (χ3v) is 1.76. The Balaban J connectivity index is 4.40. The van der Waals surface area contributed by atoms with Crippen LogP contribution in [0.25, 0.3) is 0 Å². The molecule has 0 amide bonds. The van der Waals surface area contributed by atoms with E-state index in [0.717, 1.165) is 5.57 Å². The summed E-state index contributed by atoms with van der Waals surface area (Å²) in [6, 6.07) is 0. The maximum atomic E-state index is 5.62. The fourth-order valence-corrected chi connectivity index (χ4v) is 0.589. The number of hydrogen-bond donors (Lipinski definition) is 0. The molecule has 0 heterocycles. The fourth-order valence-electron chi connectivity index (χ4n) is 0.310. The van der Waals surface area contributed by atoms with Crippen molar-refractivity contribution in [2.24, 2.45) is 4.99 Å². The summed E-state index contributed by atoms with van der Waals surface area (Å²) in [5.41, 5.74) is 0.834. The first-order valence-corrected chi connectivity index (χ1v) is 3.30. The highest BCUT2D eigenvalue weighted by molar-refractivity contribution is 6.70. The van der Waals surface area contributed by atoms with Crippen LogP contribution in [0.3, 0.4) is 0 Å². The van der Waals surface area contributed by atoms with E-state index in [9.17, 15) is 0 Å². The van der Waals surface area contributed by atoms with Gasteiger partial charge in [0.25, 0.3) is 0 Å². The molecule has 0 aliphatic rings. The van der Waals surface area contributed by atoms with Gasteiger partial charge in [0.2, 0.25) is 0 Å². The van der Waals surface area contributed by atoms with Gasteiger partial charge in [0, 0.05) is 17.7 Å². The standard InChI is InChI=1S/C6H9Cl2N/c1-4(5(2)7)6(8)9-3/h1-3H3. The molecule has 3 heteroatoms. The molecule has 0 fully saturated rings. The largest absolute Gasteiger partial charge is 0.276 e. The van der Waals surface area contributed by atoms with Crippen LogP contribution >= 0.6 is 23.2 Å². The molecule has 0 spiro atoms. The molecule has 0 rings (SSSR count). The summed E-state index contributed by atoms with van der Waals surface area (Å²) in [6.45, 7) is 3.61. The normalized spacial score (nSPS) is 15.4. The van der Waals surface area contributed by atoms with Crippen LogP contribution < -0.4 is 0 Å². The van der Waals surface area contributed by atoms with Crippen molar-refractivity contribution < 1.29 is 0 Å². The Bertz CT molecular complexity index is 154. The summed E-state index contributed by atoms with van der Waals surface area (Å²) in [5, 5.41) is 1.16. The lowest BCUT2D eigenvalue weighted by Crippen LogP contribution is -1.89. The maximum absolute atomic E-state index is 5.62. The Labute approximate surface area is 65.4 Å². The van der Waals surface area contributed by atoms with E-state index in [1.807, 2.05) is 6.92 Å². The minimum atomic E-state index is 0.475. The summed E-state index contributed by atoms with van der Waals surface area (Å²) in [6.07, 6.45) is 0. The third-order valence-electron chi connectivity index (χ3n) is 1.02. The van der Waals surface area contributed by atoms with Crippen molar-refractivity contribution in [1.82, 2.24) is 0 Å². The van der Waals surface area contributed by atoms with E-state index in [0.29, 0.717) is 10.2 Å². The van der Waals surface area contributed by atoms with Gasteiger partial charge in [0.15, 0.2) is 0 Å². The molecule has 0 radical (unpaired) electrons. The van der Waals surface area contributed by atoms with Crippen molar-refractivity contribution in [3.05, 3.63) is 10.6 Å². The molecule has 0 aliphatic heterocycles. The number of rotatable bonds is 1. The number of aliphatic imine (C=N–C) groups is 1. The van der Waals surface area contributed by atoms with E-state index in [2.05, 4.69) is 4.99 Å². The predicted molar refractivity (Wildman–Crippen MR) is 43.4 cm³/mol. The van der Waals surface area contributed by atoms with Gasteiger partial charge in [-0.3, -0.25) is 4.99 Å². The molecule has 0 aromatic rings. The summed E-state index contributed by atoms with van der Waals surface area (Å²) in [7, 11) is 1.63. The second kappa shape index (κ2) is 3.91. The fraction of sp³-hybridized carbons (Fsp3) is 0.500. The van der Waals surface area contributed by atoms with Gasteiger partial charge in [0.05, 0.1) is 0 Å². The van der Waals surface area contributed by atoms with Gasteiger partial charge in [-0.1, -0.05) is 23.2 Å². The molecule has 9 heavy (non-hydrogen) atoms. The average Bonchev–Trinajstić information content (AvgIpc) is 1.84. The van der Waals surface area contributed by atoms with Crippen LogP contribution in [0.4, 0.5) is 0 Å². The Morgan fingerprint density at radius 3 is 1.78 bits per heavy atom. The maximum Gasteiger partial charge on any atom is 0.127 e. The lowest BCUT2D eigenvalue weighted by atomic mass is 10.3. The lowest BCUT2D eigenvalue weighted by Gasteiger charge is -1.95. The van der Waals surface area contributed by atoms with Crippen molar-refractivity contribution in [3.8, 4) is 0 Å². The van der Waals surface area contributed by atoms with E-state index < -0.39 is 0 Å². The van der Waals surface area contributed by atoms with E-state index >= 15 is 0 Å². The van der Waals surface area contributed by atoms with Crippen LogP contribution in [0, 0.1) is 0 Å². The van der Waals surface area contributed by atoms with Crippen LogP contribution in [0.2, 0.25) is 0 Å². The number of halogens is 2. The zero-order chi connectivity index (χ0) is 7.44. The van der Waals surface area contributed by atoms with Crippen molar-refractivity contribution in [2.75, 3.05) is 7.05 Å². The summed E-state index contributed by atoms with van der Waals surface area (Å²) in [4.78, 5) is 3.75. The quantitative estimate of drug-likeness (QED) is 0.531. The molecule has 0 saturated carbocycles. The molecular weight excluding hydrogens is 157 g/mol. The Kier molecular flexibility index (Phi) is 3.91. The molecule has 0 saturated heterocycles. The summed E-state index contributed by atoms with van der Waals surface area (Å²) in [5.74, 6) is 0. The highest BCUT2D eigenvalue weighted by Gasteiger charge is 1.97. The van der Waals surface area contributed by atoms with Gasteiger partial charge >= 0.3 is 0 Å². The van der Waals surface area contributed by atoms with E-state index in [1.54, 1.807) is 14.0 Å². The highest BCUT2D eigenvalue weighted by Crippen LogP contribution is 2.11. The van der Waals surface area contributed by atoms with Gasteiger partial charge in [-0.25, -0.2) is 0 Å². The van der Waals surface area contributed by atoms with E-state index in [4.69, 9.17) is 23.2 Å². The topological polar surface area (TPSA) is 12.4 Å². The van der Waals surface area contributed by atoms with Crippen molar-refractivity contribution in [3.63, 3.8) is 0 Å². The van der Waals surface area contributed by atoms with Crippen molar-refractivity contribution in [2.45, 2.75) is 13.8 Å². The molecule has 0 bridgehead atoms. The molecular formula is C6H9Cl2N. The van der Waals surface area contributed by atoms with Crippen LogP contribution in [-0.4, -0.2) is 12.2 Å². The molecule has 0 atom stereocenters. The third kappa shape index (κ3) is 2.87. The minimum Gasteiger partial charge on any atom is -0.276 e. The summed E-state index contributed by atoms with van der Waals surface area (Å²) >= 11 is 11.2. The molecule has 0 aromatic carbocycles. The molecule has 0 aromatic heterocycles. The van der Waals surface area contributed by atoms with E-state index in [1.165, 1.54) is 0 Å². The van der Waals surface area contributed by atoms with Crippen LogP contribution in [0.5, 0.6) is 0 Å². The van der Waals surface area contributed by atoms with Crippen molar-refractivity contribution in [1.29, 1.82) is 0 Å². The van der Waals surface area contributed by atoms with E-state index in [-0.39, 0.29) is 0 Å². The van der Waals surface area contributed by atoms with Gasteiger partial charge in [0.1, 0.15) is 5.17 Å². The first-order chi connectivity index (χ1) is 4.09. The first kappa shape index (κ1) is 8.99. The molecule has 0 aliphatic carbocycles. The zero-order valence-electron chi connectivity index (χ0n) is 5.70. The van der Waals surface area contributed by atoms with Gasteiger partial charge in [-0.05, 0) is 13.8 Å². The van der Waals surface area contributed by atoms with Crippen LogP contribution in [0.1, 0.15) is 13.8 Å².